The summed E-state index contributed by atoms with van der Waals surface area (Å²) in [5.74, 6) is 0.333. The van der Waals surface area contributed by atoms with Crippen LogP contribution in [-0.2, 0) is 0 Å². The van der Waals surface area contributed by atoms with Gasteiger partial charge in [-0.2, -0.15) is 0 Å². The minimum atomic E-state index is 0.333. The molecule has 0 unspecified atom stereocenters. The summed E-state index contributed by atoms with van der Waals surface area (Å²) in [7, 11) is 0. The quantitative estimate of drug-likeness (QED) is 0.761. The predicted molar refractivity (Wildman–Crippen MR) is 61.3 cm³/mol. The fraction of sp³-hybridized carbons (Fsp3) is 0.385. The van der Waals surface area contributed by atoms with Crippen LogP contribution in [0.15, 0.2) is 30.3 Å². The van der Waals surface area contributed by atoms with Gasteiger partial charge in [-0.1, -0.05) is 38.5 Å². The Bertz CT molecular complexity index is 296. The number of hydrogen-bond donors (Lipinski definition) is 1. The summed E-state index contributed by atoms with van der Waals surface area (Å²) in [6.07, 6.45) is 5.64. The topological polar surface area (TPSA) is 20.2 Å². The molecule has 0 aromatic heterocycles. The summed E-state index contributed by atoms with van der Waals surface area (Å²) in [5.41, 5.74) is 2.59. The van der Waals surface area contributed by atoms with E-state index < -0.39 is 0 Å². The molecule has 1 heteroatoms. The Morgan fingerprint density at radius 3 is 2.36 bits per heavy atom. The Hall–Kier alpha value is -1.24. The Morgan fingerprint density at radius 2 is 1.86 bits per heavy atom. The number of rotatable bonds is 4. The van der Waals surface area contributed by atoms with Crippen LogP contribution in [0, 0.1) is 0 Å². The van der Waals surface area contributed by atoms with Crippen LogP contribution in [0.25, 0.3) is 5.57 Å². The average Bonchev–Trinajstić information content (AvgIpc) is 2.21. The van der Waals surface area contributed by atoms with Gasteiger partial charge in [0.15, 0.2) is 0 Å². The highest BCUT2D eigenvalue weighted by Crippen LogP contribution is 2.21. The van der Waals surface area contributed by atoms with Crippen molar-refractivity contribution >= 4 is 5.57 Å². The van der Waals surface area contributed by atoms with E-state index in [1.54, 1.807) is 12.1 Å². The second-order valence-electron chi connectivity index (χ2n) is 3.42. The third-order valence-corrected chi connectivity index (χ3v) is 2.30. The largest absolute Gasteiger partial charge is 0.508 e. The number of allylic oxidation sites excluding steroid dienone is 2. The van der Waals surface area contributed by atoms with E-state index in [9.17, 15) is 0 Å². The second-order valence-corrected chi connectivity index (χ2v) is 3.42. The first-order valence-corrected chi connectivity index (χ1v) is 5.26. The highest BCUT2D eigenvalue weighted by atomic mass is 16.3. The van der Waals surface area contributed by atoms with Gasteiger partial charge in [0.1, 0.15) is 5.75 Å². The molecule has 14 heavy (non-hydrogen) atoms. The van der Waals surface area contributed by atoms with E-state index in [0.29, 0.717) is 5.75 Å². The van der Waals surface area contributed by atoms with Crippen LogP contribution in [0.4, 0.5) is 0 Å². The van der Waals surface area contributed by atoms with Crippen molar-refractivity contribution in [3.8, 4) is 5.75 Å². The zero-order valence-electron chi connectivity index (χ0n) is 8.96. The summed E-state index contributed by atoms with van der Waals surface area (Å²) >= 11 is 0. The zero-order valence-corrected chi connectivity index (χ0v) is 8.96. The lowest BCUT2D eigenvalue weighted by atomic mass is 10.0. The van der Waals surface area contributed by atoms with Crippen LogP contribution in [0.5, 0.6) is 5.75 Å². The van der Waals surface area contributed by atoms with Gasteiger partial charge in [-0.25, -0.2) is 0 Å². The second kappa shape index (κ2) is 5.48. The third kappa shape index (κ3) is 2.91. The van der Waals surface area contributed by atoms with Gasteiger partial charge in [0.05, 0.1) is 0 Å². The van der Waals surface area contributed by atoms with Crippen LogP contribution in [0.3, 0.4) is 0 Å². The first-order valence-electron chi connectivity index (χ1n) is 5.26. The fourth-order valence-corrected chi connectivity index (χ4v) is 1.46. The van der Waals surface area contributed by atoms with E-state index in [4.69, 9.17) is 5.11 Å². The minimum Gasteiger partial charge on any atom is -0.508 e. The number of phenols is 1. The first-order chi connectivity index (χ1) is 6.77. The first kappa shape index (κ1) is 10.8. The Kier molecular flexibility index (Phi) is 4.24. The fourth-order valence-electron chi connectivity index (χ4n) is 1.46. The van der Waals surface area contributed by atoms with E-state index in [-0.39, 0.29) is 0 Å². The molecule has 0 radical (unpaired) electrons. The van der Waals surface area contributed by atoms with E-state index >= 15 is 0 Å². The number of aromatic hydroxyl groups is 1. The maximum absolute atomic E-state index is 9.17. The van der Waals surface area contributed by atoms with Gasteiger partial charge in [0.2, 0.25) is 0 Å². The lowest BCUT2D eigenvalue weighted by Crippen LogP contribution is -1.82. The molecule has 1 rings (SSSR count). The van der Waals surface area contributed by atoms with E-state index in [1.165, 1.54) is 17.6 Å². The van der Waals surface area contributed by atoms with Crippen LogP contribution < -0.4 is 0 Å². The molecule has 0 fully saturated rings. The number of phenolic OH excluding ortho intramolecular Hbond substituents is 1. The van der Waals surface area contributed by atoms with Gasteiger partial charge in [-0.05, 0) is 36.1 Å². The summed E-state index contributed by atoms with van der Waals surface area (Å²) in [4.78, 5) is 0. The monoisotopic (exact) mass is 190 g/mol. The van der Waals surface area contributed by atoms with Crippen LogP contribution in [0.2, 0.25) is 0 Å². The maximum atomic E-state index is 9.17. The molecular formula is C13H18O. The van der Waals surface area contributed by atoms with Crippen molar-refractivity contribution in [1.82, 2.24) is 0 Å². The molecule has 0 aliphatic heterocycles. The Balaban J connectivity index is 2.84. The van der Waals surface area contributed by atoms with E-state index in [1.807, 2.05) is 12.1 Å². The summed E-state index contributed by atoms with van der Waals surface area (Å²) < 4.78 is 0. The van der Waals surface area contributed by atoms with Gasteiger partial charge in [-0.3, -0.25) is 0 Å². The van der Waals surface area contributed by atoms with Crippen molar-refractivity contribution in [2.24, 2.45) is 0 Å². The van der Waals surface area contributed by atoms with Gasteiger partial charge in [0.25, 0.3) is 0 Å². The molecule has 0 amide bonds. The van der Waals surface area contributed by atoms with Crippen molar-refractivity contribution in [3.63, 3.8) is 0 Å². The molecule has 76 valence electrons. The van der Waals surface area contributed by atoms with Crippen LogP contribution >= 0.6 is 0 Å². The lowest BCUT2D eigenvalue weighted by Gasteiger charge is -2.04. The molecule has 0 aliphatic carbocycles. The Labute approximate surface area is 86.1 Å². The zero-order chi connectivity index (χ0) is 10.4. The highest BCUT2D eigenvalue weighted by Gasteiger charge is 1.98. The summed E-state index contributed by atoms with van der Waals surface area (Å²) in [5, 5.41) is 9.17. The number of hydrogen-bond acceptors (Lipinski definition) is 1. The highest BCUT2D eigenvalue weighted by molar-refractivity contribution is 5.65. The third-order valence-electron chi connectivity index (χ3n) is 2.30. The normalized spacial score (nSPS) is 11.7. The predicted octanol–water partition coefficient (Wildman–Crippen LogP) is 3.99. The summed E-state index contributed by atoms with van der Waals surface area (Å²) in [6, 6.07) is 7.43. The minimum absolute atomic E-state index is 0.333. The molecule has 1 N–H and O–H groups in total. The SMILES string of the molecule is CCCC=C(CC)c1ccc(O)cc1. The van der Waals surface area contributed by atoms with Gasteiger partial charge < -0.3 is 5.11 Å². The number of benzene rings is 1. The van der Waals surface area contributed by atoms with E-state index in [2.05, 4.69) is 19.9 Å². The summed E-state index contributed by atoms with van der Waals surface area (Å²) in [6.45, 7) is 4.34. The van der Waals surface area contributed by atoms with Crippen molar-refractivity contribution in [2.75, 3.05) is 0 Å². The molecule has 0 aliphatic rings. The molecule has 0 heterocycles. The van der Waals surface area contributed by atoms with Crippen molar-refractivity contribution in [3.05, 3.63) is 35.9 Å². The Morgan fingerprint density at radius 1 is 1.21 bits per heavy atom. The van der Waals surface area contributed by atoms with Crippen LogP contribution in [0.1, 0.15) is 38.7 Å². The molecule has 0 bridgehead atoms. The average molecular weight is 190 g/mol. The molecule has 0 atom stereocenters. The standard InChI is InChI=1S/C13H18O/c1-3-5-6-11(4-2)12-7-9-13(14)10-8-12/h6-10,14H,3-5H2,1-2H3. The molecule has 0 saturated carbocycles. The van der Waals surface area contributed by atoms with Crippen molar-refractivity contribution in [2.45, 2.75) is 33.1 Å². The van der Waals surface area contributed by atoms with Crippen LogP contribution in [-0.4, -0.2) is 5.11 Å². The number of unbranched alkanes of at least 4 members (excludes halogenated alkanes) is 1. The van der Waals surface area contributed by atoms with Gasteiger partial charge in [-0.15, -0.1) is 0 Å². The molecule has 0 spiro atoms. The van der Waals surface area contributed by atoms with Gasteiger partial charge in [0, 0.05) is 0 Å². The van der Waals surface area contributed by atoms with Gasteiger partial charge >= 0.3 is 0 Å². The van der Waals surface area contributed by atoms with Crippen molar-refractivity contribution in [1.29, 1.82) is 0 Å². The van der Waals surface area contributed by atoms with Crippen molar-refractivity contribution < 1.29 is 5.11 Å². The maximum Gasteiger partial charge on any atom is 0.115 e. The molecule has 1 aromatic rings. The smallest absolute Gasteiger partial charge is 0.115 e. The molecule has 1 nitrogen and oxygen atoms in total. The lowest BCUT2D eigenvalue weighted by molar-refractivity contribution is 0.475. The molecule has 0 saturated heterocycles. The molecule has 1 aromatic carbocycles. The molecular weight excluding hydrogens is 172 g/mol. The van der Waals surface area contributed by atoms with E-state index in [0.717, 1.165) is 12.8 Å².